The molecule has 84 valence electrons. The number of fused-ring (bicyclic) bond motifs is 1. The summed E-state index contributed by atoms with van der Waals surface area (Å²) in [4.78, 5) is 12.1. The van der Waals surface area contributed by atoms with Crippen LogP contribution < -0.4 is 10.2 Å². The van der Waals surface area contributed by atoms with E-state index in [9.17, 15) is 0 Å². The minimum atomic E-state index is 0.587. The molecular formula is C11H14N4S. The summed E-state index contributed by atoms with van der Waals surface area (Å²) in [7, 11) is 2.02. The molecule has 0 spiro atoms. The predicted molar refractivity (Wildman–Crippen MR) is 67.1 cm³/mol. The molecule has 1 aliphatic heterocycles. The van der Waals surface area contributed by atoms with Gasteiger partial charge >= 0.3 is 0 Å². The van der Waals surface area contributed by atoms with Crippen molar-refractivity contribution in [1.29, 1.82) is 0 Å². The van der Waals surface area contributed by atoms with E-state index in [0.717, 1.165) is 23.7 Å². The molecule has 0 bridgehead atoms. The van der Waals surface area contributed by atoms with E-state index in [0.29, 0.717) is 6.04 Å². The Morgan fingerprint density at radius 1 is 1.50 bits per heavy atom. The van der Waals surface area contributed by atoms with Crippen molar-refractivity contribution >= 4 is 27.4 Å². The van der Waals surface area contributed by atoms with Gasteiger partial charge in [0.05, 0.1) is 5.39 Å². The van der Waals surface area contributed by atoms with E-state index in [2.05, 4.69) is 31.6 Å². The van der Waals surface area contributed by atoms with Gasteiger partial charge in [-0.25, -0.2) is 9.97 Å². The highest BCUT2D eigenvalue weighted by molar-refractivity contribution is 7.16. The Balaban J connectivity index is 1.97. The van der Waals surface area contributed by atoms with Gasteiger partial charge < -0.3 is 10.2 Å². The molecule has 0 aromatic carbocycles. The fraction of sp³-hybridized carbons (Fsp3) is 0.455. The average molecular weight is 234 g/mol. The maximum absolute atomic E-state index is 4.42. The number of likely N-dealkylation sites (N-methyl/N-ethyl adjacent to an activating group) is 1. The van der Waals surface area contributed by atoms with Crippen LogP contribution >= 0.6 is 11.3 Å². The van der Waals surface area contributed by atoms with Crippen molar-refractivity contribution < 1.29 is 0 Å². The molecule has 1 fully saturated rings. The first kappa shape index (κ1) is 9.99. The molecule has 0 amide bonds. The number of hydrogen-bond donors (Lipinski definition) is 1. The van der Waals surface area contributed by atoms with Crippen molar-refractivity contribution in [2.75, 3.05) is 25.0 Å². The fourth-order valence-corrected chi connectivity index (χ4v) is 2.94. The molecule has 1 saturated heterocycles. The standard InChI is InChI=1S/C11H14N4S/c1-12-8-2-4-15(6-8)10-9-3-5-16-11(9)14-7-13-10/h3,5,7-8,12H,2,4,6H2,1H3. The van der Waals surface area contributed by atoms with Crippen molar-refractivity contribution in [3.8, 4) is 0 Å². The highest BCUT2D eigenvalue weighted by atomic mass is 32.1. The van der Waals surface area contributed by atoms with Gasteiger partial charge in [0.2, 0.25) is 0 Å². The van der Waals surface area contributed by atoms with Crippen molar-refractivity contribution in [2.45, 2.75) is 12.5 Å². The van der Waals surface area contributed by atoms with E-state index < -0.39 is 0 Å². The Labute approximate surface area is 98.3 Å². The molecule has 2 aromatic rings. The lowest BCUT2D eigenvalue weighted by Gasteiger charge is -2.17. The Morgan fingerprint density at radius 3 is 3.25 bits per heavy atom. The summed E-state index contributed by atoms with van der Waals surface area (Å²) >= 11 is 1.67. The van der Waals surface area contributed by atoms with Crippen LogP contribution in [0.2, 0.25) is 0 Å². The number of aromatic nitrogens is 2. The molecule has 3 rings (SSSR count). The third kappa shape index (κ3) is 1.56. The highest BCUT2D eigenvalue weighted by Gasteiger charge is 2.23. The monoisotopic (exact) mass is 234 g/mol. The molecule has 0 aliphatic carbocycles. The number of rotatable bonds is 2. The fourth-order valence-electron chi connectivity index (χ4n) is 2.22. The minimum Gasteiger partial charge on any atom is -0.354 e. The van der Waals surface area contributed by atoms with E-state index in [1.807, 2.05) is 7.05 Å². The van der Waals surface area contributed by atoms with Gasteiger partial charge in [-0.1, -0.05) is 0 Å². The van der Waals surface area contributed by atoms with Crippen LogP contribution in [0, 0.1) is 0 Å². The van der Waals surface area contributed by atoms with Crippen LogP contribution in [-0.4, -0.2) is 36.1 Å². The Bertz CT molecular complexity index is 495. The zero-order valence-corrected chi connectivity index (χ0v) is 10.00. The first-order chi connectivity index (χ1) is 7.88. The van der Waals surface area contributed by atoms with Crippen molar-refractivity contribution in [1.82, 2.24) is 15.3 Å². The van der Waals surface area contributed by atoms with E-state index in [4.69, 9.17) is 0 Å². The van der Waals surface area contributed by atoms with Crippen LogP contribution in [0.1, 0.15) is 6.42 Å². The summed E-state index contributed by atoms with van der Waals surface area (Å²) in [6, 6.07) is 2.70. The predicted octanol–water partition coefficient (Wildman–Crippen LogP) is 1.49. The van der Waals surface area contributed by atoms with Gasteiger partial charge in [0.1, 0.15) is 17.0 Å². The van der Waals surface area contributed by atoms with E-state index in [-0.39, 0.29) is 0 Å². The van der Waals surface area contributed by atoms with Crippen LogP contribution in [0.5, 0.6) is 0 Å². The minimum absolute atomic E-state index is 0.587. The van der Waals surface area contributed by atoms with Gasteiger partial charge in [-0.2, -0.15) is 0 Å². The number of nitrogens with zero attached hydrogens (tertiary/aromatic N) is 3. The number of anilines is 1. The first-order valence-corrected chi connectivity index (χ1v) is 6.37. The highest BCUT2D eigenvalue weighted by Crippen LogP contribution is 2.28. The molecule has 1 N–H and O–H groups in total. The maximum Gasteiger partial charge on any atom is 0.140 e. The van der Waals surface area contributed by atoms with E-state index in [1.54, 1.807) is 17.7 Å². The van der Waals surface area contributed by atoms with Crippen LogP contribution in [-0.2, 0) is 0 Å². The lowest BCUT2D eigenvalue weighted by Crippen LogP contribution is -2.29. The smallest absolute Gasteiger partial charge is 0.140 e. The largest absolute Gasteiger partial charge is 0.354 e. The quantitative estimate of drug-likeness (QED) is 0.854. The molecule has 2 aromatic heterocycles. The molecule has 1 aliphatic rings. The summed E-state index contributed by atoms with van der Waals surface area (Å²) in [5, 5.41) is 6.59. The zero-order valence-electron chi connectivity index (χ0n) is 9.18. The average Bonchev–Trinajstić information content (AvgIpc) is 2.97. The Kier molecular flexibility index (Phi) is 2.49. The summed E-state index contributed by atoms with van der Waals surface area (Å²) < 4.78 is 0. The van der Waals surface area contributed by atoms with E-state index in [1.165, 1.54) is 11.8 Å². The third-order valence-electron chi connectivity index (χ3n) is 3.14. The molecule has 5 heteroatoms. The number of nitrogens with one attached hydrogen (secondary N) is 1. The summed E-state index contributed by atoms with van der Waals surface area (Å²) in [5.74, 6) is 1.09. The Morgan fingerprint density at radius 2 is 2.44 bits per heavy atom. The molecule has 0 radical (unpaired) electrons. The van der Waals surface area contributed by atoms with E-state index >= 15 is 0 Å². The van der Waals surface area contributed by atoms with Gasteiger partial charge in [0.25, 0.3) is 0 Å². The lowest BCUT2D eigenvalue weighted by molar-refractivity contribution is 0.616. The topological polar surface area (TPSA) is 41.0 Å². The Hall–Kier alpha value is -1.20. The molecule has 3 heterocycles. The van der Waals surface area contributed by atoms with Crippen LogP contribution in [0.4, 0.5) is 5.82 Å². The van der Waals surface area contributed by atoms with Gasteiger partial charge in [-0.3, -0.25) is 0 Å². The van der Waals surface area contributed by atoms with Gasteiger partial charge in [-0.15, -0.1) is 11.3 Å². The second-order valence-electron chi connectivity index (χ2n) is 4.06. The molecule has 0 saturated carbocycles. The maximum atomic E-state index is 4.42. The van der Waals surface area contributed by atoms with Crippen molar-refractivity contribution in [2.24, 2.45) is 0 Å². The van der Waals surface area contributed by atoms with Crippen LogP contribution in [0.3, 0.4) is 0 Å². The normalized spacial score (nSPS) is 20.8. The summed E-state index contributed by atoms with van der Waals surface area (Å²) in [5.41, 5.74) is 0. The molecule has 16 heavy (non-hydrogen) atoms. The summed E-state index contributed by atoms with van der Waals surface area (Å²) in [6.45, 7) is 2.12. The van der Waals surface area contributed by atoms with Gasteiger partial charge in [-0.05, 0) is 24.9 Å². The molecular weight excluding hydrogens is 220 g/mol. The zero-order chi connectivity index (χ0) is 11.0. The van der Waals surface area contributed by atoms with Crippen LogP contribution in [0.15, 0.2) is 17.8 Å². The van der Waals surface area contributed by atoms with Crippen molar-refractivity contribution in [3.05, 3.63) is 17.8 Å². The number of hydrogen-bond acceptors (Lipinski definition) is 5. The SMILES string of the molecule is CNC1CCN(c2ncnc3sccc23)C1. The molecule has 1 atom stereocenters. The second-order valence-corrected chi connectivity index (χ2v) is 4.95. The number of thiophene rings is 1. The van der Waals surface area contributed by atoms with Crippen LogP contribution in [0.25, 0.3) is 10.2 Å². The lowest BCUT2D eigenvalue weighted by atomic mass is 10.3. The molecule has 1 unspecified atom stereocenters. The molecule has 4 nitrogen and oxygen atoms in total. The van der Waals surface area contributed by atoms with Gasteiger partial charge in [0, 0.05) is 19.1 Å². The third-order valence-corrected chi connectivity index (χ3v) is 3.96. The van der Waals surface area contributed by atoms with Gasteiger partial charge in [0.15, 0.2) is 0 Å². The second kappa shape index (κ2) is 3.99. The first-order valence-electron chi connectivity index (χ1n) is 5.49. The summed E-state index contributed by atoms with van der Waals surface area (Å²) in [6.07, 6.45) is 2.85. The van der Waals surface area contributed by atoms with Crippen molar-refractivity contribution in [3.63, 3.8) is 0 Å².